The van der Waals surface area contributed by atoms with Crippen LogP contribution in [0, 0.1) is 17.4 Å². The van der Waals surface area contributed by atoms with Crippen molar-refractivity contribution in [2.75, 3.05) is 6.35 Å². The molecule has 0 aliphatic carbocycles. The Kier molecular flexibility index (Phi) is 5.73. The zero-order chi connectivity index (χ0) is 17.2. The van der Waals surface area contributed by atoms with Crippen LogP contribution in [-0.2, 0) is 11.0 Å². The van der Waals surface area contributed by atoms with Gasteiger partial charge < -0.3 is 19.6 Å². The number of aromatic hydroxyl groups is 1. The summed E-state index contributed by atoms with van der Waals surface area (Å²) in [4.78, 5) is 17.8. The number of ether oxygens (including phenoxy) is 1. The number of aryl methyl sites for hydroxylation is 2. The van der Waals surface area contributed by atoms with Crippen LogP contribution in [0.25, 0.3) is 0 Å². The van der Waals surface area contributed by atoms with E-state index in [2.05, 4.69) is 22.6 Å². The summed E-state index contributed by atoms with van der Waals surface area (Å²) in [6.07, 6.45) is -0.0532. The molecule has 0 heterocycles. The van der Waals surface area contributed by atoms with Crippen LogP contribution in [0.15, 0.2) is 30.3 Å². The van der Waals surface area contributed by atoms with Gasteiger partial charge in [0.05, 0.1) is 0 Å². The van der Waals surface area contributed by atoms with E-state index in [-0.39, 0.29) is 5.75 Å². The minimum Gasteiger partial charge on any atom is -0.508 e. The maximum Gasteiger partial charge on any atom is 0.362 e. The molecule has 0 aliphatic heterocycles. The average molecular weight is 448 g/mol. The van der Waals surface area contributed by atoms with Gasteiger partial charge in [-0.25, -0.2) is 0 Å². The van der Waals surface area contributed by atoms with Crippen LogP contribution in [0.5, 0.6) is 11.5 Å². The number of hydrogen-bond acceptors (Lipinski definition) is 3. The van der Waals surface area contributed by atoms with Gasteiger partial charge in [0.25, 0.3) is 0 Å². The monoisotopic (exact) mass is 448 g/mol. The van der Waals surface area contributed by atoms with Crippen molar-refractivity contribution in [2.45, 2.75) is 20.3 Å². The molecule has 0 aliphatic rings. The molecule has 0 bridgehead atoms. The van der Waals surface area contributed by atoms with Crippen molar-refractivity contribution in [1.82, 2.24) is 0 Å². The van der Waals surface area contributed by atoms with E-state index in [0.717, 1.165) is 25.8 Å². The van der Waals surface area contributed by atoms with Crippen LogP contribution in [0.2, 0.25) is 0 Å². The number of rotatable bonds is 5. The molecule has 0 saturated heterocycles. The maximum atomic E-state index is 10.9. The molecular formula is C16H18IO5P. The summed E-state index contributed by atoms with van der Waals surface area (Å²) in [6.45, 7) is 3.83. The van der Waals surface area contributed by atoms with Crippen molar-refractivity contribution < 1.29 is 24.2 Å². The van der Waals surface area contributed by atoms with Gasteiger partial charge in [0.1, 0.15) is 11.5 Å². The highest BCUT2D eigenvalue weighted by atomic mass is 127. The number of benzene rings is 2. The number of phenolic OH excluding ortho intramolecular Hbond substituents is 1. The zero-order valence-corrected chi connectivity index (χ0v) is 15.8. The first kappa shape index (κ1) is 18.3. The standard InChI is InChI=1S/C16H18IO5P/c1-10-5-14(22-9-23(19,20)21)6-11(2)15(10)7-12-3-4-13(17)8-16(12)18/h3-6,8,18H,7,9H2,1-2H3,(H2,19,20,21). The third-order valence-electron chi connectivity index (χ3n) is 3.48. The number of halogens is 1. The van der Waals surface area contributed by atoms with Crippen LogP contribution in [0.4, 0.5) is 0 Å². The summed E-state index contributed by atoms with van der Waals surface area (Å²) < 4.78 is 17.0. The van der Waals surface area contributed by atoms with Gasteiger partial charge in [-0.2, -0.15) is 0 Å². The van der Waals surface area contributed by atoms with Crippen LogP contribution in [0.3, 0.4) is 0 Å². The SMILES string of the molecule is Cc1cc(OCP(=O)(O)O)cc(C)c1Cc1ccc(I)cc1O. The first-order valence-corrected chi connectivity index (χ1v) is 9.78. The van der Waals surface area contributed by atoms with Crippen molar-refractivity contribution in [3.8, 4) is 11.5 Å². The second-order valence-corrected chi connectivity index (χ2v) is 8.26. The summed E-state index contributed by atoms with van der Waals surface area (Å²) in [5.41, 5.74) is 3.79. The molecule has 2 aromatic rings. The lowest BCUT2D eigenvalue weighted by Gasteiger charge is -2.15. The Labute approximate surface area is 148 Å². The van der Waals surface area contributed by atoms with E-state index < -0.39 is 13.9 Å². The Bertz CT molecular complexity index is 746. The summed E-state index contributed by atoms with van der Waals surface area (Å²) in [5, 5.41) is 10.0. The molecule has 5 nitrogen and oxygen atoms in total. The normalized spacial score (nSPS) is 11.5. The van der Waals surface area contributed by atoms with Gasteiger partial charge in [0.15, 0.2) is 6.35 Å². The van der Waals surface area contributed by atoms with Crippen molar-refractivity contribution >= 4 is 30.2 Å². The van der Waals surface area contributed by atoms with Crippen molar-refractivity contribution in [1.29, 1.82) is 0 Å². The van der Waals surface area contributed by atoms with Gasteiger partial charge in [0.2, 0.25) is 0 Å². The summed E-state index contributed by atoms with van der Waals surface area (Å²) in [7, 11) is -4.20. The summed E-state index contributed by atoms with van der Waals surface area (Å²) in [6, 6.07) is 9.06. The molecule has 0 saturated carbocycles. The van der Waals surface area contributed by atoms with E-state index >= 15 is 0 Å². The lowest BCUT2D eigenvalue weighted by molar-refractivity contribution is 0.300. The molecule has 0 radical (unpaired) electrons. The van der Waals surface area contributed by atoms with Crippen LogP contribution >= 0.6 is 30.2 Å². The highest BCUT2D eigenvalue weighted by Gasteiger charge is 2.15. The smallest absolute Gasteiger partial charge is 0.362 e. The predicted molar refractivity (Wildman–Crippen MR) is 97.1 cm³/mol. The topological polar surface area (TPSA) is 87.0 Å². The van der Waals surface area contributed by atoms with Gasteiger partial charge >= 0.3 is 7.60 Å². The molecule has 2 aromatic carbocycles. The van der Waals surface area contributed by atoms with Gasteiger partial charge in [-0.05, 0) is 83.0 Å². The Morgan fingerprint density at radius 1 is 1.13 bits per heavy atom. The Morgan fingerprint density at radius 2 is 1.74 bits per heavy atom. The van der Waals surface area contributed by atoms with Gasteiger partial charge in [-0.3, -0.25) is 4.57 Å². The second kappa shape index (κ2) is 7.21. The lowest BCUT2D eigenvalue weighted by Crippen LogP contribution is -2.01. The summed E-state index contributed by atoms with van der Waals surface area (Å²) in [5.74, 6) is 0.691. The Hall–Kier alpha value is -1.08. The number of phenols is 1. The Balaban J connectivity index is 2.25. The first-order valence-electron chi connectivity index (χ1n) is 6.90. The maximum absolute atomic E-state index is 10.9. The van der Waals surface area contributed by atoms with Crippen molar-refractivity contribution in [3.63, 3.8) is 0 Å². The van der Waals surface area contributed by atoms with Gasteiger partial charge in [-0.1, -0.05) is 6.07 Å². The minimum atomic E-state index is -4.20. The Morgan fingerprint density at radius 3 is 2.26 bits per heavy atom. The molecule has 0 amide bonds. The fourth-order valence-electron chi connectivity index (χ4n) is 2.35. The van der Waals surface area contributed by atoms with E-state index in [1.807, 2.05) is 26.0 Å². The molecule has 0 fully saturated rings. The van der Waals surface area contributed by atoms with E-state index in [1.165, 1.54) is 0 Å². The summed E-state index contributed by atoms with van der Waals surface area (Å²) >= 11 is 2.15. The first-order chi connectivity index (χ1) is 10.7. The highest BCUT2D eigenvalue weighted by molar-refractivity contribution is 14.1. The van der Waals surface area contributed by atoms with Crippen molar-refractivity contribution in [3.05, 3.63) is 56.2 Å². The molecule has 2 rings (SSSR count). The van der Waals surface area contributed by atoms with Gasteiger partial charge in [0, 0.05) is 9.99 Å². The molecule has 7 heteroatoms. The molecule has 0 unspecified atom stereocenters. The third-order valence-corrected chi connectivity index (χ3v) is 4.62. The van der Waals surface area contributed by atoms with E-state index in [1.54, 1.807) is 18.2 Å². The van der Waals surface area contributed by atoms with Crippen molar-refractivity contribution in [2.24, 2.45) is 0 Å². The minimum absolute atomic E-state index is 0.262. The van der Waals surface area contributed by atoms with E-state index in [4.69, 9.17) is 14.5 Å². The molecule has 0 atom stereocenters. The molecular weight excluding hydrogens is 430 g/mol. The molecule has 0 aromatic heterocycles. The molecule has 23 heavy (non-hydrogen) atoms. The third kappa shape index (κ3) is 5.21. The molecule has 3 N–H and O–H groups in total. The fraction of sp³-hybridized carbons (Fsp3) is 0.250. The fourth-order valence-corrected chi connectivity index (χ4v) is 3.14. The quantitative estimate of drug-likeness (QED) is 0.480. The zero-order valence-electron chi connectivity index (χ0n) is 12.8. The molecule has 124 valence electrons. The van der Waals surface area contributed by atoms with Gasteiger partial charge in [-0.15, -0.1) is 0 Å². The van der Waals surface area contributed by atoms with Crippen LogP contribution in [0.1, 0.15) is 22.3 Å². The van der Waals surface area contributed by atoms with Crippen LogP contribution in [-0.4, -0.2) is 21.2 Å². The largest absolute Gasteiger partial charge is 0.508 e. The second-order valence-electron chi connectivity index (χ2n) is 5.42. The highest BCUT2D eigenvalue weighted by Crippen LogP contribution is 2.35. The lowest BCUT2D eigenvalue weighted by atomic mass is 9.95. The average Bonchev–Trinajstić information content (AvgIpc) is 2.42. The van der Waals surface area contributed by atoms with E-state index in [0.29, 0.717) is 12.2 Å². The number of hydrogen-bond donors (Lipinski definition) is 3. The van der Waals surface area contributed by atoms with E-state index in [9.17, 15) is 9.67 Å². The van der Waals surface area contributed by atoms with Crippen LogP contribution < -0.4 is 4.74 Å². The molecule has 0 spiro atoms. The predicted octanol–water partition coefficient (Wildman–Crippen LogP) is 3.72.